The average Bonchev–Trinajstić information content (AvgIpc) is 2.62. The minimum atomic E-state index is -0.951. The fourth-order valence-corrected chi connectivity index (χ4v) is 2.91. The number of pyridine rings is 1. The molecule has 0 spiro atoms. The minimum Gasteiger partial charge on any atom is -0.494 e. The Kier molecular flexibility index (Phi) is 5.35. The zero-order valence-corrected chi connectivity index (χ0v) is 14.6. The van der Waals surface area contributed by atoms with Gasteiger partial charge in [0.2, 0.25) is 5.91 Å². The first-order chi connectivity index (χ1) is 13.0. The van der Waals surface area contributed by atoms with Crippen LogP contribution >= 0.6 is 0 Å². The highest BCUT2D eigenvalue weighted by Gasteiger charge is 2.41. The predicted molar refractivity (Wildman–Crippen MR) is 97.7 cm³/mol. The van der Waals surface area contributed by atoms with Gasteiger partial charge < -0.3 is 20.5 Å². The van der Waals surface area contributed by atoms with Gasteiger partial charge in [0.15, 0.2) is 0 Å². The Labute approximate surface area is 155 Å². The van der Waals surface area contributed by atoms with E-state index in [4.69, 9.17) is 9.84 Å². The molecule has 2 atom stereocenters. The number of benzene rings is 1. The summed E-state index contributed by atoms with van der Waals surface area (Å²) in [6.45, 7) is 0. The van der Waals surface area contributed by atoms with Crippen molar-refractivity contribution >= 4 is 29.2 Å². The summed E-state index contributed by atoms with van der Waals surface area (Å²) in [5.74, 6) is -2.41. The minimum absolute atomic E-state index is 0.331. The molecule has 3 N–H and O–H groups in total. The highest BCUT2D eigenvalue weighted by Crippen LogP contribution is 2.36. The van der Waals surface area contributed by atoms with Crippen LogP contribution in [0.4, 0.5) is 11.4 Å². The molecule has 1 fully saturated rings. The lowest BCUT2D eigenvalue weighted by Crippen LogP contribution is -2.41. The van der Waals surface area contributed by atoms with Crippen LogP contribution in [0.2, 0.25) is 0 Å². The zero-order chi connectivity index (χ0) is 19.4. The molecule has 1 heterocycles. The number of amides is 2. The molecule has 2 amide bonds. The van der Waals surface area contributed by atoms with Gasteiger partial charge in [-0.3, -0.25) is 19.4 Å². The second-order valence-corrected chi connectivity index (χ2v) is 6.23. The summed E-state index contributed by atoms with van der Waals surface area (Å²) in [6, 6.07) is 8.10. The maximum absolute atomic E-state index is 12.3. The van der Waals surface area contributed by atoms with E-state index in [0.29, 0.717) is 35.5 Å². The smallest absolute Gasteiger partial charge is 0.307 e. The molecule has 1 aliphatic carbocycles. The van der Waals surface area contributed by atoms with E-state index in [0.717, 1.165) is 0 Å². The number of rotatable bonds is 6. The molecule has 1 saturated carbocycles. The van der Waals surface area contributed by atoms with Crippen LogP contribution in [0, 0.1) is 11.8 Å². The van der Waals surface area contributed by atoms with Crippen LogP contribution in [0.5, 0.6) is 5.75 Å². The van der Waals surface area contributed by atoms with Crippen molar-refractivity contribution in [2.45, 2.75) is 12.8 Å². The monoisotopic (exact) mass is 369 g/mol. The number of ether oxygens (including phenoxy) is 1. The van der Waals surface area contributed by atoms with Crippen LogP contribution in [0.15, 0.2) is 42.7 Å². The Morgan fingerprint density at radius 1 is 1.15 bits per heavy atom. The van der Waals surface area contributed by atoms with E-state index >= 15 is 0 Å². The summed E-state index contributed by atoms with van der Waals surface area (Å²) in [5.41, 5.74) is 1.31. The van der Waals surface area contributed by atoms with E-state index in [1.54, 1.807) is 36.5 Å². The molecule has 2 aromatic rings. The largest absolute Gasteiger partial charge is 0.494 e. The molecule has 1 aromatic carbocycles. The van der Waals surface area contributed by atoms with E-state index in [-0.39, 0.29) is 11.8 Å². The van der Waals surface area contributed by atoms with Crippen LogP contribution in [-0.4, -0.2) is 35.0 Å². The fourth-order valence-electron chi connectivity index (χ4n) is 2.91. The lowest BCUT2D eigenvalue weighted by Gasteiger charge is -2.31. The summed E-state index contributed by atoms with van der Waals surface area (Å²) in [5, 5.41) is 14.5. The third-order valence-electron chi connectivity index (χ3n) is 4.57. The molecule has 0 radical (unpaired) electrons. The highest BCUT2D eigenvalue weighted by atomic mass is 16.5. The summed E-state index contributed by atoms with van der Waals surface area (Å²) in [7, 11) is 1.45. The van der Waals surface area contributed by atoms with Gasteiger partial charge in [0.25, 0.3) is 5.91 Å². The van der Waals surface area contributed by atoms with Gasteiger partial charge in [0.1, 0.15) is 5.75 Å². The first kappa shape index (κ1) is 18.4. The molecule has 8 heteroatoms. The number of nitrogens with one attached hydrogen (secondary N) is 2. The topological polar surface area (TPSA) is 118 Å². The number of aliphatic carboxylic acids is 1. The molecule has 3 rings (SSSR count). The van der Waals surface area contributed by atoms with Crippen molar-refractivity contribution in [1.29, 1.82) is 0 Å². The Morgan fingerprint density at radius 3 is 2.52 bits per heavy atom. The molecule has 1 aromatic heterocycles. The maximum Gasteiger partial charge on any atom is 0.307 e. The molecular formula is C19H19N3O5. The van der Waals surface area contributed by atoms with E-state index in [9.17, 15) is 14.4 Å². The Hall–Kier alpha value is -3.42. The van der Waals surface area contributed by atoms with Crippen molar-refractivity contribution in [2.24, 2.45) is 11.8 Å². The second kappa shape index (κ2) is 7.86. The van der Waals surface area contributed by atoms with Crippen molar-refractivity contribution in [2.75, 3.05) is 17.7 Å². The fraction of sp³-hybridized carbons (Fsp3) is 0.263. The summed E-state index contributed by atoms with van der Waals surface area (Å²) in [6.07, 6.45) is 4.09. The van der Waals surface area contributed by atoms with Gasteiger partial charge in [-0.05, 0) is 37.1 Å². The number of carbonyl (C=O) groups is 3. The molecule has 2 unspecified atom stereocenters. The number of carboxylic acid groups (broad SMARTS) is 1. The van der Waals surface area contributed by atoms with Crippen LogP contribution in [0.25, 0.3) is 0 Å². The van der Waals surface area contributed by atoms with Gasteiger partial charge in [-0.25, -0.2) is 0 Å². The van der Waals surface area contributed by atoms with Crippen molar-refractivity contribution in [3.8, 4) is 5.75 Å². The molecule has 0 aliphatic heterocycles. The Balaban J connectivity index is 1.70. The highest BCUT2D eigenvalue weighted by molar-refractivity contribution is 6.05. The first-order valence-electron chi connectivity index (χ1n) is 8.42. The van der Waals surface area contributed by atoms with Gasteiger partial charge in [-0.1, -0.05) is 0 Å². The number of anilines is 2. The molecule has 27 heavy (non-hydrogen) atoms. The number of methoxy groups -OCH3 is 1. The van der Waals surface area contributed by atoms with Gasteiger partial charge in [-0.2, -0.15) is 0 Å². The van der Waals surface area contributed by atoms with E-state index in [2.05, 4.69) is 15.6 Å². The molecule has 0 saturated heterocycles. The van der Waals surface area contributed by atoms with E-state index in [1.807, 2.05) is 0 Å². The molecular weight excluding hydrogens is 350 g/mol. The Morgan fingerprint density at radius 2 is 1.93 bits per heavy atom. The van der Waals surface area contributed by atoms with Gasteiger partial charge in [0.05, 0.1) is 30.2 Å². The van der Waals surface area contributed by atoms with Crippen molar-refractivity contribution in [3.05, 3.63) is 48.3 Å². The molecule has 0 bridgehead atoms. The number of hydrogen-bond donors (Lipinski definition) is 3. The van der Waals surface area contributed by atoms with E-state index < -0.39 is 17.8 Å². The van der Waals surface area contributed by atoms with Gasteiger partial charge >= 0.3 is 5.97 Å². The third kappa shape index (κ3) is 4.05. The lowest BCUT2D eigenvalue weighted by atomic mass is 9.73. The van der Waals surface area contributed by atoms with Crippen LogP contribution in [0.1, 0.15) is 23.2 Å². The Bertz CT molecular complexity index is 869. The maximum atomic E-state index is 12.3. The predicted octanol–water partition coefficient (Wildman–Crippen LogP) is 2.39. The van der Waals surface area contributed by atoms with Gasteiger partial charge in [0, 0.05) is 24.1 Å². The summed E-state index contributed by atoms with van der Waals surface area (Å²) >= 11 is 0. The number of carbonyl (C=O) groups excluding carboxylic acids is 2. The standard InChI is InChI=1S/C19H19N3O5/c1-27-16-9-12(21-18(24)13-5-6-14(13)19(25)26)4-7-15(16)22-17(23)11-3-2-8-20-10-11/h2-4,7-10,13-14H,5-6H2,1H3,(H,21,24)(H,22,23)(H,25,26). The van der Waals surface area contributed by atoms with E-state index in [1.165, 1.54) is 13.3 Å². The number of aromatic nitrogens is 1. The first-order valence-corrected chi connectivity index (χ1v) is 8.42. The average molecular weight is 369 g/mol. The number of carboxylic acids is 1. The summed E-state index contributed by atoms with van der Waals surface area (Å²) in [4.78, 5) is 39.5. The van der Waals surface area contributed by atoms with Crippen molar-refractivity contribution < 1.29 is 24.2 Å². The van der Waals surface area contributed by atoms with Crippen molar-refractivity contribution in [3.63, 3.8) is 0 Å². The molecule has 1 aliphatic rings. The molecule has 8 nitrogen and oxygen atoms in total. The molecule has 140 valence electrons. The summed E-state index contributed by atoms with van der Waals surface area (Å²) < 4.78 is 5.29. The lowest BCUT2D eigenvalue weighted by molar-refractivity contribution is -0.151. The zero-order valence-electron chi connectivity index (χ0n) is 14.6. The van der Waals surface area contributed by atoms with Crippen LogP contribution in [0.3, 0.4) is 0 Å². The van der Waals surface area contributed by atoms with Gasteiger partial charge in [-0.15, -0.1) is 0 Å². The van der Waals surface area contributed by atoms with Crippen LogP contribution < -0.4 is 15.4 Å². The quantitative estimate of drug-likeness (QED) is 0.720. The SMILES string of the molecule is COc1cc(NC(=O)C2CCC2C(=O)O)ccc1NC(=O)c1cccnc1. The normalized spacial score (nSPS) is 18.1. The number of nitrogens with zero attached hydrogens (tertiary/aromatic N) is 1. The third-order valence-corrected chi connectivity index (χ3v) is 4.57. The van der Waals surface area contributed by atoms with Crippen molar-refractivity contribution in [1.82, 2.24) is 4.98 Å². The second-order valence-electron chi connectivity index (χ2n) is 6.23. The number of hydrogen-bond acceptors (Lipinski definition) is 5. The van der Waals surface area contributed by atoms with Crippen LogP contribution in [-0.2, 0) is 9.59 Å².